The summed E-state index contributed by atoms with van der Waals surface area (Å²) < 4.78 is 5.26. The van der Waals surface area contributed by atoms with Gasteiger partial charge in [-0.25, -0.2) is 4.98 Å². The van der Waals surface area contributed by atoms with Crippen molar-refractivity contribution in [3.05, 3.63) is 15.6 Å². The summed E-state index contributed by atoms with van der Waals surface area (Å²) in [5, 5.41) is 5.24. The van der Waals surface area contributed by atoms with Crippen molar-refractivity contribution in [1.29, 1.82) is 0 Å². The molecule has 4 nitrogen and oxygen atoms in total. The van der Waals surface area contributed by atoms with E-state index in [0.717, 1.165) is 19.1 Å². The van der Waals surface area contributed by atoms with Crippen molar-refractivity contribution in [3.63, 3.8) is 0 Å². The fourth-order valence-electron chi connectivity index (χ4n) is 4.32. The van der Waals surface area contributed by atoms with Gasteiger partial charge in [0, 0.05) is 31.6 Å². The molecular weight excluding hydrogens is 282 g/mol. The number of thiazole rings is 1. The van der Waals surface area contributed by atoms with Crippen LogP contribution in [0.4, 0.5) is 0 Å². The molecule has 4 rings (SSSR count). The quantitative estimate of drug-likeness (QED) is 0.842. The fourth-order valence-corrected chi connectivity index (χ4v) is 5.75. The summed E-state index contributed by atoms with van der Waals surface area (Å²) in [6.07, 6.45) is 6.25. The first-order valence-electron chi connectivity index (χ1n) is 8.27. The summed E-state index contributed by atoms with van der Waals surface area (Å²) in [7, 11) is 1.78. The number of piperidine rings is 1. The Kier molecular flexibility index (Phi) is 3.78. The first-order valence-corrected chi connectivity index (χ1v) is 9.09. The Morgan fingerprint density at radius 3 is 3.24 bits per heavy atom. The van der Waals surface area contributed by atoms with Gasteiger partial charge in [0.2, 0.25) is 0 Å². The van der Waals surface area contributed by atoms with Crippen molar-refractivity contribution in [1.82, 2.24) is 15.2 Å². The molecule has 0 amide bonds. The van der Waals surface area contributed by atoms with Crippen LogP contribution in [0.2, 0.25) is 0 Å². The Hall–Kier alpha value is -0.490. The van der Waals surface area contributed by atoms with E-state index in [2.05, 4.69) is 10.2 Å². The molecule has 2 aliphatic heterocycles. The highest BCUT2D eigenvalue weighted by atomic mass is 32.1. The molecule has 1 N–H and O–H groups in total. The van der Waals surface area contributed by atoms with Crippen molar-refractivity contribution in [2.45, 2.75) is 37.6 Å². The van der Waals surface area contributed by atoms with E-state index in [9.17, 15) is 0 Å². The largest absolute Gasteiger partial charge is 0.383 e. The summed E-state index contributed by atoms with van der Waals surface area (Å²) in [5.74, 6) is 0.717. The smallest absolute Gasteiger partial charge is 0.114 e. The molecule has 3 atom stereocenters. The highest BCUT2D eigenvalue weighted by molar-refractivity contribution is 7.12. The van der Waals surface area contributed by atoms with Gasteiger partial charge in [-0.3, -0.25) is 0 Å². The minimum absolute atomic E-state index is 0.112. The molecule has 3 heterocycles. The molecule has 2 saturated heterocycles. The third-order valence-electron chi connectivity index (χ3n) is 5.52. The summed E-state index contributed by atoms with van der Waals surface area (Å²) in [6.45, 7) is 5.43. The van der Waals surface area contributed by atoms with E-state index in [0.29, 0.717) is 0 Å². The van der Waals surface area contributed by atoms with Gasteiger partial charge < -0.3 is 15.0 Å². The van der Waals surface area contributed by atoms with Crippen molar-refractivity contribution >= 4 is 11.3 Å². The highest BCUT2D eigenvalue weighted by Gasteiger charge is 2.49. The van der Waals surface area contributed by atoms with Crippen LogP contribution in [-0.4, -0.2) is 49.8 Å². The number of methoxy groups -OCH3 is 1. The molecule has 0 radical (unpaired) electrons. The number of fused-ring (bicyclic) bond motifs is 3. The molecule has 5 heteroatoms. The second kappa shape index (κ2) is 5.61. The predicted octanol–water partition coefficient (Wildman–Crippen LogP) is 1.79. The minimum atomic E-state index is 0.112. The van der Waals surface area contributed by atoms with Crippen LogP contribution in [0.5, 0.6) is 0 Å². The van der Waals surface area contributed by atoms with E-state index < -0.39 is 0 Å². The maximum absolute atomic E-state index is 5.26. The Morgan fingerprint density at radius 2 is 2.38 bits per heavy atom. The number of nitrogens with one attached hydrogen (secondary N) is 1. The zero-order chi connectivity index (χ0) is 14.3. The van der Waals surface area contributed by atoms with Crippen LogP contribution in [-0.2, 0) is 23.1 Å². The van der Waals surface area contributed by atoms with Crippen LogP contribution in [0.1, 0.15) is 34.8 Å². The van der Waals surface area contributed by atoms with Crippen molar-refractivity contribution in [2.24, 2.45) is 5.92 Å². The Morgan fingerprint density at radius 1 is 1.43 bits per heavy atom. The van der Waals surface area contributed by atoms with Gasteiger partial charge in [-0.1, -0.05) is 0 Å². The van der Waals surface area contributed by atoms with Gasteiger partial charge >= 0.3 is 0 Å². The number of aryl methyl sites for hydroxylation is 2. The number of hydrogen-bond acceptors (Lipinski definition) is 5. The molecule has 1 aromatic rings. The Bertz CT molecular complexity index is 496. The molecule has 21 heavy (non-hydrogen) atoms. The van der Waals surface area contributed by atoms with E-state index in [1.807, 2.05) is 11.3 Å². The third-order valence-corrected chi connectivity index (χ3v) is 6.85. The minimum Gasteiger partial charge on any atom is -0.383 e. The van der Waals surface area contributed by atoms with Gasteiger partial charge in [-0.2, -0.15) is 0 Å². The van der Waals surface area contributed by atoms with Gasteiger partial charge in [0.05, 0.1) is 17.8 Å². The lowest BCUT2D eigenvalue weighted by atomic mass is 9.79. The monoisotopic (exact) mass is 307 g/mol. The van der Waals surface area contributed by atoms with Crippen molar-refractivity contribution in [3.8, 4) is 0 Å². The molecular formula is C16H25N3OS. The second-order valence-electron chi connectivity index (χ2n) is 6.67. The zero-order valence-electron chi connectivity index (χ0n) is 12.9. The Balaban J connectivity index is 1.65. The molecule has 0 aromatic carbocycles. The number of ether oxygens (including phenoxy) is 1. The fraction of sp³-hybridized carbons (Fsp3) is 0.812. The van der Waals surface area contributed by atoms with Crippen LogP contribution < -0.4 is 5.32 Å². The SMILES string of the molecule is COCCNC1(c2nc3c(s2)CCC3)CCN2CCC1C2. The van der Waals surface area contributed by atoms with Crippen molar-refractivity contribution < 1.29 is 4.74 Å². The zero-order valence-corrected chi connectivity index (χ0v) is 13.7. The predicted molar refractivity (Wildman–Crippen MR) is 84.9 cm³/mol. The van der Waals surface area contributed by atoms with Gasteiger partial charge in [0.15, 0.2) is 0 Å². The summed E-state index contributed by atoms with van der Waals surface area (Å²) in [5.41, 5.74) is 1.50. The maximum atomic E-state index is 5.26. The molecule has 2 bridgehead atoms. The van der Waals surface area contributed by atoms with E-state index >= 15 is 0 Å². The lowest BCUT2D eigenvalue weighted by Gasteiger charge is -2.42. The molecule has 1 aliphatic carbocycles. The lowest BCUT2D eigenvalue weighted by molar-refractivity contribution is 0.112. The first kappa shape index (κ1) is 14.1. The molecule has 3 aliphatic rings. The number of aromatic nitrogens is 1. The Labute approximate surface area is 130 Å². The highest BCUT2D eigenvalue weighted by Crippen LogP contribution is 2.45. The van der Waals surface area contributed by atoms with Crippen LogP contribution in [0.3, 0.4) is 0 Å². The topological polar surface area (TPSA) is 37.4 Å². The van der Waals surface area contributed by atoms with Crippen LogP contribution in [0.25, 0.3) is 0 Å². The standard InChI is InChI=1S/C16H25N3OS/c1-20-10-7-17-16(6-9-19-8-5-12(16)11-19)15-18-13-3-2-4-14(13)21-15/h12,17H,2-11H2,1H3. The van der Waals surface area contributed by atoms with E-state index in [-0.39, 0.29) is 5.54 Å². The molecule has 2 fully saturated rings. The molecule has 116 valence electrons. The van der Waals surface area contributed by atoms with E-state index in [1.165, 1.54) is 62.4 Å². The van der Waals surface area contributed by atoms with Gasteiger partial charge in [0.1, 0.15) is 5.01 Å². The summed E-state index contributed by atoms with van der Waals surface area (Å²) >= 11 is 1.99. The van der Waals surface area contributed by atoms with Gasteiger partial charge in [-0.15, -0.1) is 11.3 Å². The first-order chi connectivity index (χ1) is 10.3. The van der Waals surface area contributed by atoms with Crippen LogP contribution in [0.15, 0.2) is 0 Å². The normalized spacial score (nSPS) is 34.3. The maximum Gasteiger partial charge on any atom is 0.114 e. The van der Waals surface area contributed by atoms with E-state index in [4.69, 9.17) is 9.72 Å². The second-order valence-corrected chi connectivity index (χ2v) is 7.75. The van der Waals surface area contributed by atoms with Crippen molar-refractivity contribution in [2.75, 3.05) is 39.9 Å². The molecule has 1 aromatic heterocycles. The van der Waals surface area contributed by atoms with Gasteiger partial charge in [0.25, 0.3) is 0 Å². The molecule has 0 saturated carbocycles. The summed E-state index contributed by atoms with van der Waals surface area (Å²) in [4.78, 5) is 9.25. The molecule has 0 spiro atoms. The lowest BCUT2D eigenvalue weighted by Crippen LogP contribution is -2.54. The third kappa shape index (κ3) is 2.34. The molecule has 3 unspecified atom stereocenters. The number of nitrogens with zero attached hydrogens (tertiary/aromatic N) is 2. The number of rotatable bonds is 5. The van der Waals surface area contributed by atoms with E-state index in [1.54, 1.807) is 12.0 Å². The summed E-state index contributed by atoms with van der Waals surface area (Å²) in [6, 6.07) is 0. The van der Waals surface area contributed by atoms with Crippen LogP contribution in [0, 0.1) is 5.92 Å². The van der Waals surface area contributed by atoms with Crippen LogP contribution >= 0.6 is 11.3 Å². The average molecular weight is 307 g/mol. The van der Waals surface area contributed by atoms with Gasteiger partial charge in [-0.05, 0) is 44.6 Å². The average Bonchev–Trinajstić information content (AvgIpc) is 3.17. The number of hydrogen-bond donors (Lipinski definition) is 1.